The molecule has 0 aliphatic carbocycles. The molecule has 33 heavy (non-hydrogen) atoms. The van der Waals surface area contributed by atoms with E-state index in [-0.39, 0.29) is 5.91 Å². The zero-order valence-electron chi connectivity index (χ0n) is 17.5. The van der Waals surface area contributed by atoms with Crippen molar-refractivity contribution in [2.24, 2.45) is 0 Å². The van der Waals surface area contributed by atoms with Crippen LogP contribution in [0.5, 0.6) is 0 Å². The van der Waals surface area contributed by atoms with Crippen molar-refractivity contribution in [3.05, 3.63) is 114 Å². The fourth-order valence-corrected chi connectivity index (χ4v) is 4.30. The molecule has 5 nitrogen and oxygen atoms in total. The molecule has 2 heterocycles. The van der Waals surface area contributed by atoms with Crippen LogP contribution >= 0.6 is 11.3 Å². The molecule has 0 atom stereocenters. The van der Waals surface area contributed by atoms with E-state index in [0.29, 0.717) is 11.1 Å². The SMILES string of the molecule is O=C(NNC(=O)c1cc(-c2cccs2)nc2ccccc12)c1ccc(-c2ccccc2)cc1. The number of amides is 2. The van der Waals surface area contributed by atoms with Gasteiger partial charge in [0.2, 0.25) is 0 Å². The van der Waals surface area contributed by atoms with E-state index in [4.69, 9.17) is 0 Å². The second kappa shape index (κ2) is 9.06. The maximum Gasteiger partial charge on any atom is 0.270 e. The number of carbonyl (C=O) groups is 2. The number of rotatable bonds is 4. The minimum Gasteiger partial charge on any atom is -0.267 e. The van der Waals surface area contributed by atoms with E-state index < -0.39 is 5.91 Å². The molecule has 0 unspecified atom stereocenters. The number of hydrogen-bond acceptors (Lipinski definition) is 4. The molecule has 6 heteroatoms. The van der Waals surface area contributed by atoms with E-state index in [1.165, 1.54) is 0 Å². The number of nitrogens with zero attached hydrogens (tertiary/aromatic N) is 1. The highest BCUT2D eigenvalue weighted by molar-refractivity contribution is 7.13. The molecule has 0 saturated heterocycles. The molecule has 0 spiro atoms. The summed E-state index contributed by atoms with van der Waals surface area (Å²) in [6.45, 7) is 0. The summed E-state index contributed by atoms with van der Waals surface area (Å²) in [7, 11) is 0. The summed E-state index contributed by atoms with van der Waals surface area (Å²) < 4.78 is 0. The van der Waals surface area contributed by atoms with Crippen LogP contribution in [0.1, 0.15) is 20.7 Å². The normalized spacial score (nSPS) is 10.7. The molecule has 2 N–H and O–H groups in total. The molecule has 160 valence electrons. The second-order valence-electron chi connectivity index (χ2n) is 7.40. The van der Waals surface area contributed by atoms with E-state index in [2.05, 4.69) is 15.8 Å². The molecular weight excluding hydrogens is 430 g/mol. The number of fused-ring (bicyclic) bond motifs is 1. The third-order valence-corrected chi connectivity index (χ3v) is 6.17. The smallest absolute Gasteiger partial charge is 0.267 e. The van der Waals surface area contributed by atoms with Gasteiger partial charge in [-0.25, -0.2) is 4.98 Å². The molecule has 0 aliphatic heterocycles. The van der Waals surface area contributed by atoms with Gasteiger partial charge in [-0.15, -0.1) is 11.3 Å². The van der Waals surface area contributed by atoms with Crippen LogP contribution in [0.15, 0.2) is 102 Å². The maximum absolute atomic E-state index is 13.0. The Kier molecular flexibility index (Phi) is 5.66. The molecule has 0 saturated carbocycles. The summed E-state index contributed by atoms with van der Waals surface area (Å²) in [6.07, 6.45) is 0. The van der Waals surface area contributed by atoms with Crippen molar-refractivity contribution in [3.8, 4) is 21.7 Å². The van der Waals surface area contributed by atoms with Crippen LogP contribution in [0, 0.1) is 0 Å². The van der Waals surface area contributed by atoms with Crippen molar-refractivity contribution >= 4 is 34.1 Å². The van der Waals surface area contributed by atoms with Crippen molar-refractivity contribution in [2.75, 3.05) is 0 Å². The Morgan fingerprint density at radius 3 is 2.15 bits per heavy atom. The molecule has 0 aliphatic rings. The number of aromatic nitrogens is 1. The summed E-state index contributed by atoms with van der Waals surface area (Å²) in [5.74, 6) is -0.791. The van der Waals surface area contributed by atoms with Gasteiger partial charge in [0.05, 0.1) is 21.7 Å². The quantitative estimate of drug-likeness (QED) is 0.346. The van der Waals surface area contributed by atoms with Gasteiger partial charge in [-0.1, -0.05) is 66.7 Å². The number of carbonyl (C=O) groups excluding carboxylic acids is 2. The predicted octanol–water partition coefficient (Wildman–Crippen LogP) is 5.71. The highest BCUT2D eigenvalue weighted by Crippen LogP contribution is 2.27. The zero-order chi connectivity index (χ0) is 22.6. The van der Waals surface area contributed by atoms with Crippen molar-refractivity contribution in [2.45, 2.75) is 0 Å². The van der Waals surface area contributed by atoms with Gasteiger partial charge in [-0.2, -0.15) is 0 Å². The largest absolute Gasteiger partial charge is 0.270 e. The van der Waals surface area contributed by atoms with Gasteiger partial charge in [-0.05, 0) is 46.8 Å². The third-order valence-electron chi connectivity index (χ3n) is 5.28. The average Bonchev–Trinajstić information content (AvgIpc) is 3.42. The van der Waals surface area contributed by atoms with Crippen LogP contribution in [0.25, 0.3) is 32.6 Å². The van der Waals surface area contributed by atoms with Crippen LogP contribution in [0.2, 0.25) is 0 Å². The van der Waals surface area contributed by atoms with Crippen molar-refractivity contribution in [1.82, 2.24) is 15.8 Å². The topological polar surface area (TPSA) is 71.1 Å². The van der Waals surface area contributed by atoms with Gasteiger partial charge in [0.15, 0.2) is 0 Å². The number of hydrazine groups is 1. The number of para-hydroxylation sites is 1. The van der Waals surface area contributed by atoms with Gasteiger partial charge < -0.3 is 0 Å². The van der Waals surface area contributed by atoms with Crippen LogP contribution in [0.4, 0.5) is 0 Å². The fourth-order valence-electron chi connectivity index (χ4n) is 3.61. The van der Waals surface area contributed by atoms with Crippen molar-refractivity contribution in [3.63, 3.8) is 0 Å². The van der Waals surface area contributed by atoms with E-state index in [1.807, 2.05) is 84.2 Å². The highest BCUT2D eigenvalue weighted by Gasteiger charge is 2.15. The van der Waals surface area contributed by atoms with Gasteiger partial charge in [-0.3, -0.25) is 20.4 Å². The minimum atomic E-state index is -0.402. The van der Waals surface area contributed by atoms with E-state index in [0.717, 1.165) is 32.6 Å². The summed E-state index contributed by atoms with van der Waals surface area (Å²) in [6, 6.07) is 30.3. The first-order valence-electron chi connectivity index (χ1n) is 10.4. The molecule has 5 rings (SSSR count). The first kappa shape index (κ1) is 20.6. The molecule has 0 bridgehead atoms. The lowest BCUT2D eigenvalue weighted by Crippen LogP contribution is -2.41. The van der Waals surface area contributed by atoms with Crippen molar-refractivity contribution < 1.29 is 9.59 Å². The summed E-state index contributed by atoms with van der Waals surface area (Å²) in [5.41, 5.74) is 9.49. The lowest BCUT2D eigenvalue weighted by Gasteiger charge is -2.11. The monoisotopic (exact) mass is 449 g/mol. The number of benzene rings is 3. The molecule has 3 aromatic carbocycles. The Balaban J connectivity index is 1.34. The van der Waals surface area contributed by atoms with Crippen molar-refractivity contribution in [1.29, 1.82) is 0 Å². The Bertz CT molecular complexity index is 1430. The predicted molar refractivity (Wildman–Crippen MR) is 132 cm³/mol. The first-order chi connectivity index (χ1) is 16.2. The molecular formula is C27H19N3O2S. The van der Waals surface area contributed by atoms with Gasteiger partial charge in [0.25, 0.3) is 11.8 Å². The number of hydrogen-bond donors (Lipinski definition) is 2. The Hall–Kier alpha value is -4.29. The first-order valence-corrected chi connectivity index (χ1v) is 11.3. The summed E-state index contributed by atoms with van der Waals surface area (Å²) in [4.78, 5) is 31.3. The zero-order valence-corrected chi connectivity index (χ0v) is 18.3. The van der Waals surface area contributed by atoms with E-state index in [1.54, 1.807) is 29.5 Å². The van der Waals surface area contributed by atoms with E-state index >= 15 is 0 Å². The number of thiophene rings is 1. The molecule has 5 aromatic rings. The standard InChI is InChI=1S/C27H19N3O2S/c31-26(20-14-12-19(13-15-20)18-7-2-1-3-8-18)29-30-27(32)22-17-24(25-11-6-16-33-25)28-23-10-5-4-9-21(22)23/h1-17H,(H,29,31)(H,30,32). The Labute approximate surface area is 194 Å². The Morgan fingerprint density at radius 1 is 0.697 bits per heavy atom. The lowest BCUT2D eigenvalue weighted by molar-refractivity contribution is 0.0847. The van der Waals surface area contributed by atoms with Gasteiger partial charge in [0, 0.05) is 10.9 Å². The van der Waals surface area contributed by atoms with Crippen LogP contribution in [-0.4, -0.2) is 16.8 Å². The lowest BCUT2D eigenvalue weighted by atomic mass is 10.0. The van der Waals surface area contributed by atoms with Crippen LogP contribution in [0.3, 0.4) is 0 Å². The van der Waals surface area contributed by atoms with Gasteiger partial charge >= 0.3 is 0 Å². The number of pyridine rings is 1. The maximum atomic E-state index is 13.0. The van der Waals surface area contributed by atoms with Gasteiger partial charge in [0.1, 0.15) is 0 Å². The van der Waals surface area contributed by atoms with Crippen LogP contribution in [-0.2, 0) is 0 Å². The van der Waals surface area contributed by atoms with E-state index in [9.17, 15) is 9.59 Å². The molecule has 0 fully saturated rings. The molecule has 2 aromatic heterocycles. The molecule has 0 radical (unpaired) electrons. The minimum absolute atomic E-state index is 0.389. The third kappa shape index (κ3) is 4.37. The Morgan fingerprint density at radius 2 is 1.39 bits per heavy atom. The average molecular weight is 450 g/mol. The number of nitrogens with one attached hydrogen (secondary N) is 2. The summed E-state index contributed by atoms with van der Waals surface area (Å²) in [5, 5.41) is 2.69. The van der Waals surface area contributed by atoms with Crippen LogP contribution < -0.4 is 10.9 Å². The molecule has 2 amide bonds. The summed E-state index contributed by atoms with van der Waals surface area (Å²) >= 11 is 1.56. The second-order valence-corrected chi connectivity index (χ2v) is 8.35. The fraction of sp³-hybridized carbons (Fsp3) is 0. The highest BCUT2D eigenvalue weighted by atomic mass is 32.1.